The second-order valence-corrected chi connectivity index (χ2v) is 5.77. The third-order valence-corrected chi connectivity index (χ3v) is 3.66. The summed E-state index contributed by atoms with van der Waals surface area (Å²) in [5.41, 5.74) is 4.45. The Balaban J connectivity index is 1.94. The lowest BCUT2D eigenvalue weighted by atomic mass is 10.1. The zero-order valence-corrected chi connectivity index (χ0v) is 14.2. The fourth-order valence-corrected chi connectivity index (χ4v) is 2.26. The number of halogens is 2. The van der Waals surface area contributed by atoms with Gasteiger partial charge in [-0.2, -0.15) is 5.10 Å². The molecule has 6 heteroatoms. The van der Waals surface area contributed by atoms with Crippen molar-refractivity contribution in [3.63, 3.8) is 0 Å². The summed E-state index contributed by atoms with van der Waals surface area (Å²) in [6, 6.07) is 12.5. The van der Waals surface area contributed by atoms with Crippen LogP contribution >= 0.6 is 23.2 Å². The molecule has 2 rings (SSSR count). The van der Waals surface area contributed by atoms with Gasteiger partial charge in [0, 0.05) is 5.02 Å². The molecule has 0 aliphatic heterocycles. The molecule has 0 bridgehead atoms. The first kappa shape index (κ1) is 17.3. The van der Waals surface area contributed by atoms with Crippen molar-refractivity contribution in [2.75, 3.05) is 0 Å². The number of rotatable bonds is 5. The predicted molar refractivity (Wildman–Crippen MR) is 93.5 cm³/mol. The molecule has 23 heavy (non-hydrogen) atoms. The number of nitrogens with one attached hydrogen (secondary N) is 1. The number of carbonyl (C=O) groups excluding carboxylic acids is 1. The van der Waals surface area contributed by atoms with Crippen LogP contribution in [0, 0.1) is 6.92 Å². The molecule has 2 aromatic rings. The molecule has 0 radical (unpaired) electrons. The average molecular weight is 351 g/mol. The summed E-state index contributed by atoms with van der Waals surface area (Å²) in [4.78, 5) is 12.0. The van der Waals surface area contributed by atoms with Crippen LogP contribution in [0.2, 0.25) is 10.0 Å². The molecule has 120 valence electrons. The molecule has 1 N–H and O–H groups in total. The Bertz CT molecular complexity index is 732. The minimum absolute atomic E-state index is 0.348. The van der Waals surface area contributed by atoms with E-state index in [1.807, 2.05) is 31.2 Å². The second kappa shape index (κ2) is 7.99. The van der Waals surface area contributed by atoms with E-state index in [2.05, 4.69) is 10.5 Å². The Morgan fingerprint density at radius 3 is 2.70 bits per heavy atom. The third kappa shape index (κ3) is 4.98. The van der Waals surface area contributed by atoms with Gasteiger partial charge in [0.1, 0.15) is 5.75 Å². The fourth-order valence-electron chi connectivity index (χ4n) is 1.80. The van der Waals surface area contributed by atoms with Gasteiger partial charge < -0.3 is 4.74 Å². The summed E-state index contributed by atoms with van der Waals surface area (Å²) in [5.74, 6) is 0.0162. The second-order valence-electron chi connectivity index (χ2n) is 4.93. The lowest BCUT2D eigenvalue weighted by Gasteiger charge is -2.14. The first-order valence-electron chi connectivity index (χ1n) is 6.97. The summed E-state index contributed by atoms with van der Waals surface area (Å²) in [6.45, 7) is 3.58. The number of amides is 1. The molecule has 2 aromatic carbocycles. The lowest BCUT2D eigenvalue weighted by Crippen LogP contribution is -2.33. The molecule has 0 saturated carbocycles. The number of benzene rings is 2. The smallest absolute Gasteiger partial charge is 0.280 e. The van der Waals surface area contributed by atoms with E-state index < -0.39 is 6.10 Å². The van der Waals surface area contributed by atoms with E-state index in [0.29, 0.717) is 15.8 Å². The summed E-state index contributed by atoms with van der Waals surface area (Å²) in [6.07, 6.45) is 0.845. The average Bonchev–Trinajstić information content (AvgIpc) is 2.51. The minimum Gasteiger partial charge on any atom is -0.479 e. The van der Waals surface area contributed by atoms with Crippen LogP contribution in [0.4, 0.5) is 0 Å². The van der Waals surface area contributed by atoms with Gasteiger partial charge in [0.25, 0.3) is 5.91 Å². The van der Waals surface area contributed by atoms with Crippen molar-refractivity contribution >= 4 is 35.3 Å². The number of ether oxygens (including phenoxy) is 1. The Morgan fingerprint density at radius 1 is 1.26 bits per heavy atom. The van der Waals surface area contributed by atoms with Crippen molar-refractivity contribution < 1.29 is 9.53 Å². The van der Waals surface area contributed by atoms with Gasteiger partial charge in [-0.3, -0.25) is 4.79 Å². The van der Waals surface area contributed by atoms with E-state index in [9.17, 15) is 4.79 Å². The quantitative estimate of drug-likeness (QED) is 0.648. The van der Waals surface area contributed by atoms with Gasteiger partial charge >= 0.3 is 0 Å². The van der Waals surface area contributed by atoms with Crippen molar-refractivity contribution in [2.24, 2.45) is 5.10 Å². The van der Waals surface area contributed by atoms with Gasteiger partial charge in [-0.1, -0.05) is 47.5 Å². The summed E-state index contributed by atoms with van der Waals surface area (Å²) >= 11 is 11.8. The first-order chi connectivity index (χ1) is 11.0. The van der Waals surface area contributed by atoms with Crippen molar-refractivity contribution in [3.8, 4) is 5.75 Å². The Kier molecular flexibility index (Phi) is 6.02. The largest absolute Gasteiger partial charge is 0.479 e. The van der Waals surface area contributed by atoms with E-state index in [1.54, 1.807) is 31.3 Å². The van der Waals surface area contributed by atoms with E-state index in [-0.39, 0.29) is 5.91 Å². The van der Waals surface area contributed by atoms with Crippen LogP contribution in [-0.2, 0) is 4.79 Å². The van der Waals surface area contributed by atoms with Crippen LogP contribution in [-0.4, -0.2) is 18.2 Å². The number of hydrazone groups is 1. The fraction of sp³-hybridized carbons (Fsp3) is 0.176. The normalized spacial score (nSPS) is 12.2. The zero-order valence-electron chi connectivity index (χ0n) is 12.7. The molecule has 0 aliphatic rings. The van der Waals surface area contributed by atoms with Crippen LogP contribution in [0.3, 0.4) is 0 Å². The highest BCUT2D eigenvalue weighted by atomic mass is 35.5. The molecule has 0 fully saturated rings. The van der Waals surface area contributed by atoms with E-state index in [4.69, 9.17) is 27.9 Å². The minimum atomic E-state index is -0.748. The van der Waals surface area contributed by atoms with Gasteiger partial charge in [0.15, 0.2) is 6.10 Å². The van der Waals surface area contributed by atoms with Gasteiger partial charge in [-0.25, -0.2) is 5.43 Å². The van der Waals surface area contributed by atoms with E-state index in [1.165, 1.54) is 0 Å². The third-order valence-electron chi connectivity index (χ3n) is 3.13. The predicted octanol–water partition coefficient (Wildman–Crippen LogP) is 4.22. The monoisotopic (exact) mass is 350 g/mol. The van der Waals surface area contributed by atoms with Gasteiger partial charge in [0.2, 0.25) is 0 Å². The van der Waals surface area contributed by atoms with Crippen LogP contribution in [0.25, 0.3) is 0 Å². The lowest BCUT2D eigenvalue weighted by molar-refractivity contribution is -0.127. The molecule has 0 aromatic heterocycles. The standard InChI is InChI=1S/C17H16Cl2N2O2/c1-11-5-3-4-6-13(11)10-20-21-17(22)12(2)23-16-8-7-14(18)9-15(16)19/h3-10,12H,1-2H3,(H,21,22). The number of hydrogen-bond acceptors (Lipinski definition) is 3. The molecule has 1 unspecified atom stereocenters. The Morgan fingerprint density at radius 2 is 2.00 bits per heavy atom. The summed E-state index contributed by atoms with van der Waals surface area (Å²) < 4.78 is 5.51. The van der Waals surface area contributed by atoms with E-state index in [0.717, 1.165) is 11.1 Å². The molecule has 0 saturated heterocycles. The van der Waals surface area contributed by atoms with Gasteiger partial charge in [0.05, 0.1) is 11.2 Å². The number of aryl methyl sites for hydroxylation is 1. The van der Waals surface area contributed by atoms with E-state index >= 15 is 0 Å². The van der Waals surface area contributed by atoms with Crippen molar-refractivity contribution in [1.82, 2.24) is 5.43 Å². The molecular weight excluding hydrogens is 335 g/mol. The number of nitrogens with zero attached hydrogens (tertiary/aromatic N) is 1. The number of carbonyl (C=O) groups is 1. The maximum Gasteiger partial charge on any atom is 0.280 e. The van der Waals surface area contributed by atoms with Crippen LogP contribution in [0.5, 0.6) is 5.75 Å². The molecule has 0 aliphatic carbocycles. The highest BCUT2D eigenvalue weighted by molar-refractivity contribution is 6.35. The Labute approximate surface area is 145 Å². The van der Waals surface area contributed by atoms with Gasteiger partial charge in [-0.05, 0) is 43.2 Å². The maximum absolute atomic E-state index is 12.0. The number of hydrogen-bond donors (Lipinski definition) is 1. The SMILES string of the molecule is Cc1ccccc1C=NNC(=O)C(C)Oc1ccc(Cl)cc1Cl. The zero-order chi connectivity index (χ0) is 16.8. The van der Waals surface area contributed by atoms with Crippen LogP contribution in [0.1, 0.15) is 18.1 Å². The topological polar surface area (TPSA) is 50.7 Å². The molecule has 0 spiro atoms. The highest BCUT2D eigenvalue weighted by Gasteiger charge is 2.15. The van der Waals surface area contributed by atoms with Gasteiger partial charge in [-0.15, -0.1) is 0 Å². The van der Waals surface area contributed by atoms with Crippen LogP contribution < -0.4 is 10.2 Å². The first-order valence-corrected chi connectivity index (χ1v) is 7.73. The van der Waals surface area contributed by atoms with Crippen molar-refractivity contribution in [2.45, 2.75) is 20.0 Å². The summed E-state index contributed by atoms with van der Waals surface area (Å²) in [7, 11) is 0. The summed E-state index contributed by atoms with van der Waals surface area (Å²) in [5, 5.41) is 4.79. The van der Waals surface area contributed by atoms with Crippen molar-refractivity contribution in [1.29, 1.82) is 0 Å². The molecule has 0 heterocycles. The maximum atomic E-state index is 12.0. The highest BCUT2D eigenvalue weighted by Crippen LogP contribution is 2.28. The van der Waals surface area contributed by atoms with Crippen molar-refractivity contribution in [3.05, 3.63) is 63.6 Å². The molecule has 4 nitrogen and oxygen atoms in total. The molecule has 1 amide bonds. The van der Waals surface area contributed by atoms with Crippen LogP contribution in [0.15, 0.2) is 47.6 Å². The Hall–Kier alpha value is -2.04. The molecule has 1 atom stereocenters. The molecular formula is C17H16Cl2N2O2.